The van der Waals surface area contributed by atoms with E-state index in [1.807, 2.05) is 42.1 Å². The van der Waals surface area contributed by atoms with Gasteiger partial charge in [0.1, 0.15) is 0 Å². The SMILES string of the molecule is CN1CCSc2cc(C=NOc3ccccc3)ccc21. The van der Waals surface area contributed by atoms with E-state index in [2.05, 4.69) is 35.3 Å². The zero-order valence-corrected chi connectivity index (χ0v) is 12.1. The first-order valence-corrected chi connectivity index (χ1v) is 7.55. The molecule has 1 aliphatic heterocycles. The summed E-state index contributed by atoms with van der Waals surface area (Å²) in [6.07, 6.45) is 1.75. The minimum absolute atomic E-state index is 0.746. The summed E-state index contributed by atoms with van der Waals surface area (Å²) >= 11 is 1.89. The van der Waals surface area contributed by atoms with E-state index in [0.29, 0.717) is 0 Å². The summed E-state index contributed by atoms with van der Waals surface area (Å²) in [6.45, 7) is 1.10. The van der Waals surface area contributed by atoms with Crippen LogP contribution in [-0.2, 0) is 0 Å². The highest BCUT2D eigenvalue weighted by molar-refractivity contribution is 7.99. The molecule has 4 heteroatoms. The smallest absolute Gasteiger partial charge is 0.157 e. The molecule has 1 heterocycles. The van der Waals surface area contributed by atoms with Crippen LogP contribution in [0.15, 0.2) is 58.6 Å². The number of nitrogens with zero attached hydrogens (tertiary/aromatic N) is 2. The van der Waals surface area contributed by atoms with E-state index in [9.17, 15) is 0 Å². The third-order valence-corrected chi connectivity index (χ3v) is 4.21. The van der Waals surface area contributed by atoms with Gasteiger partial charge in [0.25, 0.3) is 0 Å². The van der Waals surface area contributed by atoms with E-state index in [0.717, 1.165) is 23.6 Å². The van der Waals surface area contributed by atoms with Crippen molar-refractivity contribution in [2.24, 2.45) is 5.16 Å². The van der Waals surface area contributed by atoms with Crippen LogP contribution in [0.5, 0.6) is 5.75 Å². The van der Waals surface area contributed by atoms with Gasteiger partial charge >= 0.3 is 0 Å². The fourth-order valence-corrected chi connectivity index (χ4v) is 3.26. The van der Waals surface area contributed by atoms with Crippen LogP contribution in [-0.4, -0.2) is 25.6 Å². The van der Waals surface area contributed by atoms with Crippen LogP contribution in [0, 0.1) is 0 Å². The molecule has 1 aliphatic rings. The molecular formula is C16H16N2OS. The highest BCUT2D eigenvalue weighted by Gasteiger charge is 2.13. The normalized spacial score (nSPS) is 14.3. The average molecular weight is 284 g/mol. The van der Waals surface area contributed by atoms with E-state index in [1.54, 1.807) is 6.21 Å². The average Bonchev–Trinajstić information content (AvgIpc) is 2.48. The van der Waals surface area contributed by atoms with Gasteiger partial charge in [-0.1, -0.05) is 29.4 Å². The van der Waals surface area contributed by atoms with Crippen LogP contribution in [0.3, 0.4) is 0 Å². The number of hydrogen-bond acceptors (Lipinski definition) is 4. The van der Waals surface area contributed by atoms with Gasteiger partial charge in [0.15, 0.2) is 5.75 Å². The fourth-order valence-electron chi connectivity index (χ4n) is 2.08. The molecule has 20 heavy (non-hydrogen) atoms. The maximum Gasteiger partial charge on any atom is 0.157 e. The Bertz CT molecular complexity index is 613. The molecule has 0 N–H and O–H groups in total. The monoisotopic (exact) mass is 284 g/mol. The lowest BCUT2D eigenvalue weighted by atomic mass is 10.2. The molecule has 0 atom stereocenters. The molecule has 0 fully saturated rings. The number of oxime groups is 1. The summed E-state index contributed by atoms with van der Waals surface area (Å²) in [5.41, 5.74) is 2.35. The lowest BCUT2D eigenvalue weighted by Gasteiger charge is -2.26. The third kappa shape index (κ3) is 2.96. The van der Waals surface area contributed by atoms with Crippen LogP contribution in [0.25, 0.3) is 0 Å². The van der Waals surface area contributed by atoms with Crippen LogP contribution in [0.4, 0.5) is 5.69 Å². The fraction of sp³-hybridized carbons (Fsp3) is 0.188. The molecule has 3 rings (SSSR count). The Morgan fingerprint density at radius 3 is 2.90 bits per heavy atom. The molecule has 2 aromatic carbocycles. The molecule has 0 aromatic heterocycles. The van der Waals surface area contributed by atoms with Gasteiger partial charge < -0.3 is 9.74 Å². The molecule has 0 bridgehead atoms. The Balaban J connectivity index is 1.72. The maximum absolute atomic E-state index is 5.33. The zero-order valence-electron chi connectivity index (χ0n) is 11.3. The first kappa shape index (κ1) is 13.1. The summed E-state index contributed by atoms with van der Waals surface area (Å²) in [5.74, 6) is 1.88. The van der Waals surface area contributed by atoms with Crippen molar-refractivity contribution in [3.8, 4) is 5.75 Å². The summed E-state index contributed by atoms with van der Waals surface area (Å²) in [7, 11) is 2.13. The van der Waals surface area contributed by atoms with Crippen molar-refractivity contribution in [3.05, 3.63) is 54.1 Å². The van der Waals surface area contributed by atoms with Crippen LogP contribution >= 0.6 is 11.8 Å². The van der Waals surface area contributed by atoms with Crippen molar-refractivity contribution in [3.63, 3.8) is 0 Å². The molecule has 102 valence electrons. The number of para-hydroxylation sites is 1. The van der Waals surface area contributed by atoms with Crippen LogP contribution < -0.4 is 9.74 Å². The highest BCUT2D eigenvalue weighted by atomic mass is 32.2. The Labute approximate surface area is 123 Å². The summed E-state index contributed by atoms with van der Waals surface area (Å²) < 4.78 is 0. The Hall–Kier alpha value is -1.94. The Morgan fingerprint density at radius 1 is 1.20 bits per heavy atom. The van der Waals surface area contributed by atoms with E-state index >= 15 is 0 Å². The zero-order chi connectivity index (χ0) is 13.8. The minimum Gasteiger partial charge on any atom is -0.373 e. The molecule has 2 aromatic rings. The molecule has 0 saturated carbocycles. The minimum atomic E-state index is 0.746. The van der Waals surface area contributed by atoms with E-state index in [-0.39, 0.29) is 0 Å². The summed E-state index contributed by atoms with van der Waals surface area (Å²) in [4.78, 5) is 8.92. The van der Waals surface area contributed by atoms with Gasteiger partial charge in [0.2, 0.25) is 0 Å². The number of rotatable bonds is 3. The van der Waals surface area contributed by atoms with Gasteiger partial charge in [0.05, 0.1) is 11.9 Å². The first-order chi connectivity index (χ1) is 9.83. The van der Waals surface area contributed by atoms with Gasteiger partial charge in [-0.3, -0.25) is 0 Å². The Kier molecular flexibility index (Phi) is 3.92. The predicted octanol–water partition coefficient (Wildman–Crippen LogP) is 3.64. The molecule has 0 aliphatic carbocycles. The molecule has 3 nitrogen and oxygen atoms in total. The number of fused-ring (bicyclic) bond motifs is 1. The summed E-state index contributed by atoms with van der Waals surface area (Å²) in [5, 5.41) is 4.03. The molecule has 0 unspecified atom stereocenters. The topological polar surface area (TPSA) is 24.8 Å². The van der Waals surface area contributed by atoms with Crippen molar-refractivity contribution in [1.29, 1.82) is 0 Å². The molecular weight excluding hydrogens is 268 g/mol. The second kappa shape index (κ2) is 6.01. The largest absolute Gasteiger partial charge is 0.373 e. The molecule has 0 saturated heterocycles. The third-order valence-electron chi connectivity index (χ3n) is 3.18. The lowest BCUT2D eigenvalue weighted by Crippen LogP contribution is -2.24. The van der Waals surface area contributed by atoms with Crippen LogP contribution in [0.1, 0.15) is 5.56 Å². The van der Waals surface area contributed by atoms with Gasteiger partial charge in [-0.05, 0) is 29.8 Å². The quantitative estimate of drug-likeness (QED) is 0.635. The number of anilines is 1. The number of benzene rings is 2. The van der Waals surface area contributed by atoms with E-state index in [4.69, 9.17) is 4.84 Å². The van der Waals surface area contributed by atoms with E-state index < -0.39 is 0 Å². The van der Waals surface area contributed by atoms with Gasteiger partial charge in [-0.15, -0.1) is 11.8 Å². The Morgan fingerprint density at radius 2 is 2.05 bits per heavy atom. The number of hydrogen-bond donors (Lipinski definition) is 0. The number of thioether (sulfide) groups is 1. The lowest BCUT2D eigenvalue weighted by molar-refractivity contribution is 0.344. The van der Waals surface area contributed by atoms with Gasteiger partial charge in [-0.2, -0.15) is 0 Å². The van der Waals surface area contributed by atoms with Crippen molar-refractivity contribution in [1.82, 2.24) is 0 Å². The van der Waals surface area contributed by atoms with Crippen molar-refractivity contribution < 1.29 is 4.84 Å². The van der Waals surface area contributed by atoms with Crippen molar-refractivity contribution in [2.45, 2.75) is 4.90 Å². The van der Waals surface area contributed by atoms with Crippen molar-refractivity contribution >= 4 is 23.7 Å². The van der Waals surface area contributed by atoms with Gasteiger partial charge in [0, 0.05) is 24.2 Å². The second-order valence-electron chi connectivity index (χ2n) is 4.64. The molecule has 0 amide bonds. The van der Waals surface area contributed by atoms with Crippen LogP contribution in [0.2, 0.25) is 0 Å². The van der Waals surface area contributed by atoms with Crippen molar-refractivity contribution in [2.75, 3.05) is 24.2 Å². The molecule has 0 spiro atoms. The predicted molar refractivity (Wildman–Crippen MR) is 85.1 cm³/mol. The molecule has 0 radical (unpaired) electrons. The summed E-state index contributed by atoms with van der Waals surface area (Å²) in [6, 6.07) is 15.9. The second-order valence-corrected chi connectivity index (χ2v) is 5.77. The first-order valence-electron chi connectivity index (χ1n) is 6.56. The maximum atomic E-state index is 5.33. The van der Waals surface area contributed by atoms with Gasteiger partial charge in [-0.25, -0.2) is 0 Å². The van der Waals surface area contributed by atoms with E-state index in [1.165, 1.54) is 10.6 Å². The standard InChI is InChI=1S/C16H16N2OS/c1-18-9-10-20-16-11-13(7-8-15(16)18)12-17-19-14-5-3-2-4-6-14/h2-8,11-12H,9-10H2,1H3. The highest BCUT2D eigenvalue weighted by Crippen LogP contribution is 2.34.